The van der Waals surface area contributed by atoms with Crippen LogP contribution in [0, 0.1) is 5.82 Å². The summed E-state index contributed by atoms with van der Waals surface area (Å²) < 4.78 is 15.6. The second-order valence-corrected chi connectivity index (χ2v) is 5.06. The second kappa shape index (κ2) is 6.15. The van der Waals surface area contributed by atoms with Crippen molar-refractivity contribution in [3.8, 4) is 0 Å². The molecule has 0 bridgehead atoms. The normalized spacial score (nSPS) is 14.5. The van der Waals surface area contributed by atoms with Gasteiger partial charge in [-0.15, -0.1) is 0 Å². The van der Waals surface area contributed by atoms with Crippen molar-refractivity contribution in [1.82, 2.24) is 14.7 Å². The number of rotatable bonds is 5. The summed E-state index contributed by atoms with van der Waals surface area (Å²) in [5.41, 5.74) is 7.62. The quantitative estimate of drug-likeness (QED) is 0.911. The predicted molar refractivity (Wildman–Crippen MR) is 77.6 cm³/mol. The highest BCUT2D eigenvalue weighted by molar-refractivity contribution is 5.22. The molecule has 0 saturated carbocycles. The highest BCUT2D eigenvalue weighted by atomic mass is 19.1. The Morgan fingerprint density at radius 2 is 2.10 bits per heavy atom. The van der Waals surface area contributed by atoms with Gasteiger partial charge in [0, 0.05) is 37.0 Å². The molecule has 0 radical (unpaired) electrons. The molecule has 20 heavy (non-hydrogen) atoms. The molecular weight excluding hydrogens is 255 g/mol. The number of hydrogen-bond acceptors (Lipinski definition) is 3. The third-order valence-corrected chi connectivity index (χ3v) is 3.79. The molecule has 1 heterocycles. The van der Waals surface area contributed by atoms with Crippen LogP contribution in [0.4, 0.5) is 4.39 Å². The Balaban J connectivity index is 2.24. The van der Waals surface area contributed by atoms with Crippen LogP contribution in [0.25, 0.3) is 0 Å². The number of nitrogens with two attached hydrogens (primary N) is 1. The zero-order chi connectivity index (χ0) is 14.7. The van der Waals surface area contributed by atoms with Crippen LogP contribution in [0.2, 0.25) is 0 Å². The third-order valence-electron chi connectivity index (χ3n) is 3.79. The highest BCUT2D eigenvalue weighted by Gasteiger charge is 2.24. The molecule has 4 nitrogen and oxygen atoms in total. The first kappa shape index (κ1) is 14.7. The number of nitrogens with zero attached hydrogens (tertiary/aromatic N) is 3. The number of aryl methyl sites for hydroxylation is 1. The van der Waals surface area contributed by atoms with Crippen molar-refractivity contribution in [2.75, 3.05) is 13.6 Å². The Morgan fingerprint density at radius 1 is 1.40 bits per heavy atom. The Kier molecular flexibility index (Phi) is 4.52. The van der Waals surface area contributed by atoms with E-state index in [1.54, 1.807) is 10.7 Å². The van der Waals surface area contributed by atoms with E-state index in [9.17, 15) is 4.39 Å². The molecule has 2 aromatic rings. The molecule has 0 spiro atoms. The maximum atomic E-state index is 13.9. The molecule has 2 rings (SSSR count). The standard InChI is InChI=1S/C15H21FN4/c1-11(13-6-4-5-7-14(13)16)20(3)15(8-17)12-9-18-19(2)10-12/h4-7,9-11,15H,8,17H2,1-3H3. The number of hydrogen-bond donors (Lipinski definition) is 1. The van der Waals surface area contributed by atoms with Gasteiger partial charge in [-0.05, 0) is 20.0 Å². The lowest BCUT2D eigenvalue weighted by atomic mass is 10.0. The minimum Gasteiger partial charge on any atom is -0.329 e. The van der Waals surface area contributed by atoms with Crippen LogP contribution in [0.3, 0.4) is 0 Å². The van der Waals surface area contributed by atoms with Crippen molar-refractivity contribution in [3.05, 3.63) is 53.6 Å². The van der Waals surface area contributed by atoms with E-state index in [1.807, 2.05) is 45.5 Å². The number of likely N-dealkylation sites (N-methyl/N-ethyl adjacent to an activating group) is 1. The maximum Gasteiger partial charge on any atom is 0.127 e. The molecule has 0 saturated heterocycles. The van der Waals surface area contributed by atoms with Gasteiger partial charge in [-0.25, -0.2) is 4.39 Å². The van der Waals surface area contributed by atoms with E-state index in [1.165, 1.54) is 6.07 Å². The molecular formula is C15H21FN4. The molecule has 0 aliphatic rings. The molecule has 0 aliphatic heterocycles. The molecule has 5 heteroatoms. The van der Waals surface area contributed by atoms with Gasteiger partial charge in [-0.1, -0.05) is 18.2 Å². The minimum absolute atomic E-state index is 0.0123. The summed E-state index contributed by atoms with van der Waals surface area (Å²) in [6.07, 6.45) is 3.75. The van der Waals surface area contributed by atoms with Crippen molar-refractivity contribution >= 4 is 0 Å². The first-order chi connectivity index (χ1) is 9.54. The Labute approximate surface area is 119 Å². The molecule has 0 fully saturated rings. The smallest absolute Gasteiger partial charge is 0.127 e. The van der Waals surface area contributed by atoms with Gasteiger partial charge in [0.2, 0.25) is 0 Å². The van der Waals surface area contributed by atoms with E-state index in [4.69, 9.17) is 5.73 Å². The summed E-state index contributed by atoms with van der Waals surface area (Å²) in [4.78, 5) is 2.08. The average molecular weight is 276 g/mol. The lowest BCUT2D eigenvalue weighted by Crippen LogP contribution is -2.32. The molecule has 2 atom stereocenters. The van der Waals surface area contributed by atoms with E-state index in [2.05, 4.69) is 10.00 Å². The van der Waals surface area contributed by atoms with Gasteiger partial charge in [0.15, 0.2) is 0 Å². The summed E-state index contributed by atoms with van der Waals surface area (Å²) in [6.45, 7) is 2.44. The summed E-state index contributed by atoms with van der Waals surface area (Å²) in [5.74, 6) is -0.186. The second-order valence-electron chi connectivity index (χ2n) is 5.06. The van der Waals surface area contributed by atoms with Gasteiger partial charge < -0.3 is 5.73 Å². The van der Waals surface area contributed by atoms with Gasteiger partial charge in [0.25, 0.3) is 0 Å². The zero-order valence-corrected chi connectivity index (χ0v) is 12.1. The van der Waals surface area contributed by atoms with E-state index in [0.717, 1.165) is 5.56 Å². The Hall–Kier alpha value is -1.72. The van der Waals surface area contributed by atoms with Gasteiger partial charge in [0.1, 0.15) is 5.82 Å². The number of aromatic nitrogens is 2. The number of benzene rings is 1. The lowest BCUT2D eigenvalue weighted by molar-refractivity contribution is 0.187. The van der Waals surface area contributed by atoms with Crippen molar-refractivity contribution in [3.63, 3.8) is 0 Å². The highest BCUT2D eigenvalue weighted by Crippen LogP contribution is 2.29. The topological polar surface area (TPSA) is 47.1 Å². The van der Waals surface area contributed by atoms with Crippen LogP contribution in [0.15, 0.2) is 36.7 Å². The van der Waals surface area contributed by atoms with Crippen LogP contribution >= 0.6 is 0 Å². The summed E-state index contributed by atoms with van der Waals surface area (Å²) >= 11 is 0. The lowest BCUT2D eigenvalue weighted by Gasteiger charge is -2.32. The van der Waals surface area contributed by atoms with Crippen LogP contribution in [0.1, 0.15) is 30.1 Å². The summed E-state index contributed by atoms with van der Waals surface area (Å²) in [6, 6.07) is 6.80. The fourth-order valence-corrected chi connectivity index (χ4v) is 2.45. The van der Waals surface area contributed by atoms with E-state index >= 15 is 0 Å². The van der Waals surface area contributed by atoms with Gasteiger partial charge >= 0.3 is 0 Å². The monoisotopic (exact) mass is 276 g/mol. The van der Waals surface area contributed by atoms with Crippen molar-refractivity contribution in [2.24, 2.45) is 12.8 Å². The van der Waals surface area contributed by atoms with E-state index < -0.39 is 0 Å². The molecule has 0 amide bonds. The van der Waals surface area contributed by atoms with Crippen molar-refractivity contribution < 1.29 is 4.39 Å². The van der Waals surface area contributed by atoms with Gasteiger partial charge in [-0.2, -0.15) is 5.10 Å². The first-order valence-corrected chi connectivity index (χ1v) is 6.69. The number of halogens is 1. The summed E-state index contributed by atoms with van der Waals surface area (Å²) in [5, 5.41) is 4.18. The van der Waals surface area contributed by atoms with E-state index in [-0.39, 0.29) is 17.9 Å². The van der Waals surface area contributed by atoms with Crippen LogP contribution in [-0.4, -0.2) is 28.3 Å². The fraction of sp³-hybridized carbons (Fsp3) is 0.400. The van der Waals surface area contributed by atoms with Crippen molar-refractivity contribution in [1.29, 1.82) is 0 Å². The van der Waals surface area contributed by atoms with Gasteiger partial charge in [0.05, 0.1) is 12.2 Å². The van der Waals surface area contributed by atoms with E-state index in [0.29, 0.717) is 12.1 Å². The van der Waals surface area contributed by atoms with Crippen LogP contribution in [0.5, 0.6) is 0 Å². The Bertz CT molecular complexity index is 567. The molecule has 1 aromatic carbocycles. The molecule has 1 aromatic heterocycles. The molecule has 2 unspecified atom stereocenters. The predicted octanol–water partition coefficient (Wildman–Crippen LogP) is 2.25. The molecule has 2 N–H and O–H groups in total. The van der Waals surface area contributed by atoms with Crippen LogP contribution < -0.4 is 5.73 Å². The molecule has 0 aliphatic carbocycles. The van der Waals surface area contributed by atoms with Gasteiger partial charge in [-0.3, -0.25) is 9.58 Å². The summed E-state index contributed by atoms with van der Waals surface area (Å²) in [7, 11) is 3.83. The minimum atomic E-state index is -0.186. The third kappa shape index (κ3) is 2.89. The average Bonchev–Trinajstić information content (AvgIpc) is 2.85. The fourth-order valence-electron chi connectivity index (χ4n) is 2.45. The van der Waals surface area contributed by atoms with Crippen molar-refractivity contribution in [2.45, 2.75) is 19.0 Å². The Morgan fingerprint density at radius 3 is 2.65 bits per heavy atom. The molecule has 108 valence electrons. The zero-order valence-electron chi connectivity index (χ0n) is 12.1. The largest absolute Gasteiger partial charge is 0.329 e. The SMILES string of the molecule is CC(c1ccccc1F)N(C)C(CN)c1cnn(C)c1. The van der Waals surface area contributed by atoms with Crippen LogP contribution in [-0.2, 0) is 7.05 Å². The first-order valence-electron chi connectivity index (χ1n) is 6.69. The maximum absolute atomic E-state index is 13.9.